The quantitative estimate of drug-likeness (QED) is 0.314. The number of aromatic amines is 1. The highest BCUT2D eigenvalue weighted by atomic mass is 32.2. The monoisotopic (exact) mass is 489 g/mol. The number of thiophene rings is 1. The Morgan fingerprint density at radius 2 is 2.06 bits per heavy atom. The van der Waals surface area contributed by atoms with Crippen LogP contribution >= 0.6 is 23.1 Å². The second-order valence-corrected chi connectivity index (χ2v) is 11.1. The van der Waals surface area contributed by atoms with E-state index in [0.29, 0.717) is 28.5 Å². The van der Waals surface area contributed by atoms with Gasteiger partial charge in [-0.3, -0.25) is 9.36 Å². The van der Waals surface area contributed by atoms with Gasteiger partial charge in [0.1, 0.15) is 10.7 Å². The summed E-state index contributed by atoms with van der Waals surface area (Å²) in [5, 5.41) is 10.2. The lowest BCUT2D eigenvalue weighted by Gasteiger charge is -2.17. The Labute approximate surface area is 204 Å². The van der Waals surface area contributed by atoms with E-state index < -0.39 is 0 Å². The molecule has 6 rings (SSSR count). The van der Waals surface area contributed by atoms with E-state index in [4.69, 9.17) is 9.40 Å². The van der Waals surface area contributed by atoms with Crippen LogP contribution in [-0.2, 0) is 12.8 Å². The molecule has 4 aromatic heterocycles. The number of fused-ring (bicyclic) bond motifs is 3. The maximum absolute atomic E-state index is 13.1. The van der Waals surface area contributed by atoms with E-state index in [2.05, 4.69) is 22.1 Å². The molecule has 0 saturated carbocycles. The molecule has 172 valence electrons. The van der Waals surface area contributed by atoms with E-state index in [1.807, 2.05) is 54.0 Å². The van der Waals surface area contributed by atoms with Crippen molar-refractivity contribution in [1.82, 2.24) is 24.7 Å². The Balaban J connectivity index is 1.38. The van der Waals surface area contributed by atoms with Crippen molar-refractivity contribution < 1.29 is 4.42 Å². The van der Waals surface area contributed by atoms with Crippen molar-refractivity contribution in [3.63, 3.8) is 0 Å². The first kappa shape index (κ1) is 21.4. The molecule has 2 unspecified atom stereocenters. The molecule has 1 N–H and O–H groups in total. The minimum atomic E-state index is -0.133. The third-order valence-corrected chi connectivity index (χ3v) is 8.44. The number of para-hydroxylation sites is 1. The second-order valence-electron chi connectivity index (χ2n) is 8.70. The maximum Gasteiger partial charge on any atom is 0.259 e. The van der Waals surface area contributed by atoms with E-state index in [1.165, 1.54) is 22.2 Å². The van der Waals surface area contributed by atoms with Crippen molar-refractivity contribution >= 4 is 33.3 Å². The lowest BCUT2D eigenvalue weighted by atomic mass is 9.89. The Morgan fingerprint density at radius 3 is 2.85 bits per heavy atom. The molecule has 0 amide bonds. The number of aryl methyl sites for hydroxylation is 1. The Bertz CT molecular complexity index is 1520. The number of hydrogen-bond donors (Lipinski definition) is 1. The van der Waals surface area contributed by atoms with Crippen molar-refractivity contribution in [1.29, 1.82) is 0 Å². The molecular weight excluding hydrogens is 466 g/mol. The standard InChI is InChI=1S/C25H23N5O2S2/c1-14-10-11-17-19(13-14)34-24-20(17)23(31)26-21(27-24)15(2)33-25-29-28-22(18-9-6-12-32-18)30(25)16-7-4-3-5-8-16/h3-9,12,14-15H,10-11,13H2,1-2H3,(H,26,27,31). The molecule has 4 heterocycles. The number of nitrogens with zero attached hydrogens (tertiary/aromatic N) is 4. The first-order valence-electron chi connectivity index (χ1n) is 11.3. The van der Waals surface area contributed by atoms with E-state index >= 15 is 0 Å². The molecule has 0 saturated heterocycles. The summed E-state index contributed by atoms with van der Waals surface area (Å²) in [7, 11) is 0. The zero-order valence-electron chi connectivity index (χ0n) is 18.8. The maximum atomic E-state index is 13.1. The van der Waals surface area contributed by atoms with Crippen molar-refractivity contribution in [2.75, 3.05) is 0 Å². The molecule has 0 spiro atoms. The van der Waals surface area contributed by atoms with Gasteiger partial charge in [0.25, 0.3) is 5.56 Å². The lowest BCUT2D eigenvalue weighted by molar-refractivity contribution is 0.509. The van der Waals surface area contributed by atoms with Gasteiger partial charge >= 0.3 is 0 Å². The van der Waals surface area contributed by atoms with Gasteiger partial charge in [0.15, 0.2) is 10.9 Å². The van der Waals surface area contributed by atoms with Crippen LogP contribution in [0.2, 0.25) is 0 Å². The Kier molecular flexibility index (Phi) is 5.38. The summed E-state index contributed by atoms with van der Waals surface area (Å²) in [6.45, 7) is 4.30. The predicted molar refractivity (Wildman–Crippen MR) is 135 cm³/mol. The number of H-pyrrole nitrogens is 1. The molecule has 1 aliphatic rings. The highest BCUT2D eigenvalue weighted by Gasteiger charge is 2.25. The fourth-order valence-corrected chi connectivity index (χ4v) is 6.81. The highest BCUT2D eigenvalue weighted by molar-refractivity contribution is 7.99. The fourth-order valence-electron chi connectivity index (χ4n) is 4.49. The van der Waals surface area contributed by atoms with Crippen LogP contribution in [0.4, 0.5) is 0 Å². The van der Waals surface area contributed by atoms with Crippen LogP contribution < -0.4 is 5.56 Å². The molecule has 7 nitrogen and oxygen atoms in total. The van der Waals surface area contributed by atoms with E-state index in [1.54, 1.807) is 17.6 Å². The number of furan rings is 1. The van der Waals surface area contributed by atoms with Gasteiger partial charge in [0, 0.05) is 10.6 Å². The Morgan fingerprint density at radius 1 is 1.21 bits per heavy atom. The van der Waals surface area contributed by atoms with Crippen LogP contribution in [0.5, 0.6) is 0 Å². The largest absolute Gasteiger partial charge is 0.461 e. The fraction of sp³-hybridized carbons (Fsp3) is 0.280. The highest BCUT2D eigenvalue weighted by Crippen LogP contribution is 2.38. The first-order chi connectivity index (χ1) is 16.6. The molecule has 0 fully saturated rings. The SMILES string of the molecule is CC1CCc2c(sc3nc(C(C)Sc4nnc(-c5ccco5)n4-c4ccccc4)[nH]c(=O)c23)C1. The van der Waals surface area contributed by atoms with Gasteiger partial charge in [-0.25, -0.2) is 4.98 Å². The summed E-state index contributed by atoms with van der Waals surface area (Å²) < 4.78 is 7.58. The van der Waals surface area contributed by atoms with Crippen LogP contribution in [0, 0.1) is 5.92 Å². The van der Waals surface area contributed by atoms with E-state index in [9.17, 15) is 4.79 Å². The zero-order valence-corrected chi connectivity index (χ0v) is 20.4. The zero-order chi connectivity index (χ0) is 23.2. The second kappa shape index (κ2) is 8.56. The smallest absolute Gasteiger partial charge is 0.259 e. The predicted octanol–water partition coefficient (Wildman–Crippen LogP) is 5.80. The molecule has 5 aromatic rings. The summed E-state index contributed by atoms with van der Waals surface area (Å²) >= 11 is 3.18. The number of benzene rings is 1. The third kappa shape index (κ3) is 3.69. The summed E-state index contributed by atoms with van der Waals surface area (Å²) in [6, 6.07) is 13.6. The average Bonchev–Trinajstić information content (AvgIpc) is 3.57. The van der Waals surface area contributed by atoms with Crippen molar-refractivity contribution in [3.05, 3.63) is 75.3 Å². The summed E-state index contributed by atoms with van der Waals surface area (Å²) in [6.07, 6.45) is 4.74. The molecule has 1 aliphatic carbocycles. The molecule has 1 aromatic carbocycles. The van der Waals surface area contributed by atoms with Gasteiger partial charge in [0.05, 0.1) is 16.9 Å². The number of nitrogens with one attached hydrogen (secondary N) is 1. The summed E-state index contributed by atoms with van der Waals surface area (Å²) in [4.78, 5) is 23.2. The lowest BCUT2D eigenvalue weighted by Crippen LogP contribution is -2.15. The minimum Gasteiger partial charge on any atom is -0.461 e. The number of thioether (sulfide) groups is 1. The third-order valence-electron chi connectivity index (χ3n) is 6.24. The molecule has 9 heteroatoms. The average molecular weight is 490 g/mol. The number of hydrogen-bond acceptors (Lipinski definition) is 7. The van der Waals surface area contributed by atoms with Crippen LogP contribution in [0.1, 0.15) is 41.8 Å². The van der Waals surface area contributed by atoms with Gasteiger partial charge in [0.2, 0.25) is 5.82 Å². The van der Waals surface area contributed by atoms with Crippen molar-refractivity contribution in [3.8, 4) is 17.3 Å². The number of rotatable bonds is 5. The van der Waals surface area contributed by atoms with Gasteiger partial charge < -0.3 is 9.40 Å². The Hall–Kier alpha value is -3.17. The van der Waals surface area contributed by atoms with Gasteiger partial charge in [-0.05, 0) is 61.9 Å². The van der Waals surface area contributed by atoms with Gasteiger partial charge in [-0.1, -0.05) is 36.9 Å². The van der Waals surface area contributed by atoms with Gasteiger partial charge in [-0.15, -0.1) is 21.5 Å². The van der Waals surface area contributed by atoms with Crippen molar-refractivity contribution in [2.45, 2.75) is 43.5 Å². The number of aromatic nitrogens is 5. The van der Waals surface area contributed by atoms with Gasteiger partial charge in [-0.2, -0.15) is 0 Å². The van der Waals surface area contributed by atoms with Crippen LogP contribution in [0.25, 0.3) is 27.5 Å². The van der Waals surface area contributed by atoms with Crippen LogP contribution in [-0.4, -0.2) is 24.7 Å². The molecular formula is C25H23N5O2S2. The molecule has 0 radical (unpaired) electrons. The molecule has 34 heavy (non-hydrogen) atoms. The van der Waals surface area contributed by atoms with Crippen LogP contribution in [0.3, 0.4) is 0 Å². The first-order valence-corrected chi connectivity index (χ1v) is 13.0. The summed E-state index contributed by atoms with van der Waals surface area (Å²) in [5.41, 5.74) is 2.09. The normalized spacial score (nSPS) is 16.6. The summed E-state index contributed by atoms with van der Waals surface area (Å²) in [5.74, 6) is 2.57. The van der Waals surface area contributed by atoms with E-state index in [-0.39, 0.29) is 10.8 Å². The topological polar surface area (TPSA) is 89.6 Å². The van der Waals surface area contributed by atoms with Crippen LogP contribution in [0.15, 0.2) is 63.1 Å². The minimum absolute atomic E-state index is 0.0414. The van der Waals surface area contributed by atoms with Crippen molar-refractivity contribution in [2.24, 2.45) is 5.92 Å². The molecule has 0 bridgehead atoms. The molecule has 0 aliphatic heterocycles. The van der Waals surface area contributed by atoms with E-state index in [0.717, 1.165) is 35.2 Å². The molecule has 2 atom stereocenters.